The van der Waals surface area contributed by atoms with Gasteiger partial charge in [0.25, 0.3) is 0 Å². The molecule has 0 radical (unpaired) electrons. The monoisotopic (exact) mass is 432 g/mol. The van der Waals surface area contributed by atoms with Crippen LogP contribution in [-0.2, 0) is 0 Å². The number of rotatable bonds is 9. The highest BCUT2D eigenvalue weighted by Gasteiger charge is 2.52. The Hall–Kier alpha value is -1.30. The molecule has 0 N–H and O–H groups in total. The maximum absolute atomic E-state index is 2.76. The number of benzene rings is 1. The van der Waals surface area contributed by atoms with Gasteiger partial charge >= 0.3 is 0 Å². The summed E-state index contributed by atoms with van der Waals surface area (Å²) in [7, 11) is 0. The molecule has 0 atom stereocenters. The Morgan fingerprint density at radius 3 is 2.09 bits per heavy atom. The first kappa shape index (κ1) is 23.8. The molecule has 0 aliphatic heterocycles. The lowest BCUT2D eigenvalue weighted by Crippen LogP contribution is -2.48. The van der Waals surface area contributed by atoms with E-state index >= 15 is 0 Å². The first-order valence-corrected chi connectivity index (χ1v) is 14.2. The molecule has 0 unspecified atom stereocenters. The minimum absolute atomic E-state index is 0.295. The van der Waals surface area contributed by atoms with Crippen molar-refractivity contribution < 1.29 is 0 Å². The molecule has 32 heavy (non-hydrogen) atoms. The Morgan fingerprint density at radius 1 is 0.781 bits per heavy atom. The summed E-state index contributed by atoms with van der Waals surface area (Å²) in [5, 5.41) is 0. The van der Waals surface area contributed by atoms with E-state index in [0.29, 0.717) is 16.7 Å². The van der Waals surface area contributed by atoms with Gasteiger partial charge in [-0.1, -0.05) is 133 Å². The Labute approximate surface area is 199 Å². The molecule has 3 aliphatic rings. The molecule has 0 aromatic heterocycles. The van der Waals surface area contributed by atoms with Crippen LogP contribution in [0.3, 0.4) is 0 Å². The Balaban J connectivity index is 1.58. The molecule has 0 saturated heterocycles. The van der Waals surface area contributed by atoms with Crippen molar-refractivity contribution in [3.63, 3.8) is 0 Å². The fraction of sp³-hybridized carbons (Fsp3) is 0.688. The minimum Gasteiger partial charge on any atom is -0.0768 e. The molecule has 176 valence electrons. The lowest BCUT2D eigenvalue weighted by atomic mass is 9.47. The van der Waals surface area contributed by atoms with Gasteiger partial charge in [-0.05, 0) is 54.9 Å². The smallest absolute Gasteiger partial charge is 0.0199 e. The molecule has 0 bridgehead atoms. The molecular formula is C32H48. The van der Waals surface area contributed by atoms with Crippen LogP contribution in [-0.4, -0.2) is 0 Å². The van der Waals surface area contributed by atoms with Crippen molar-refractivity contribution >= 4 is 0 Å². The third-order valence-electron chi connectivity index (χ3n) is 9.54. The summed E-state index contributed by atoms with van der Waals surface area (Å²) >= 11 is 0. The van der Waals surface area contributed by atoms with E-state index in [-0.39, 0.29) is 0 Å². The van der Waals surface area contributed by atoms with Crippen molar-refractivity contribution in [2.45, 2.75) is 116 Å². The molecule has 0 nitrogen and oxygen atoms in total. The molecule has 2 saturated carbocycles. The van der Waals surface area contributed by atoms with Crippen LogP contribution < -0.4 is 0 Å². The highest BCUT2D eigenvalue weighted by Crippen LogP contribution is 2.62. The van der Waals surface area contributed by atoms with Gasteiger partial charge in [0.1, 0.15) is 0 Å². The summed E-state index contributed by atoms with van der Waals surface area (Å²) in [6.45, 7) is 4.76. The molecule has 0 spiro atoms. The molecular weight excluding hydrogens is 384 g/mol. The fourth-order valence-corrected chi connectivity index (χ4v) is 7.82. The topological polar surface area (TPSA) is 0 Å². The summed E-state index contributed by atoms with van der Waals surface area (Å²) in [5.74, 6) is 2.30. The van der Waals surface area contributed by atoms with Crippen molar-refractivity contribution in [1.82, 2.24) is 0 Å². The van der Waals surface area contributed by atoms with Crippen LogP contribution >= 0.6 is 0 Å². The van der Waals surface area contributed by atoms with Crippen molar-refractivity contribution in [1.29, 1.82) is 0 Å². The van der Waals surface area contributed by atoms with Crippen LogP contribution in [0.4, 0.5) is 0 Å². The van der Waals surface area contributed by atoms with Gasteiger partial charge in [0.15, 0.2) is 0 Å². The van der Waals surface area contributed by atoms with Crippen molar-refractivity contribution in [2.24, 2.45) is 22.7 Å². The van der Waals surface area contributed by atoms with Gasteiger partial charge in [0.05, 0.1) is 0 Å². The van der Waals surface area contributed by atoms with E-state index in [1.807, 2.05) is 0 Å². The van der Waals surface area contributed by atoms with Crippen LogP contribution in [0.5, 0.6) is 0 Å². The summed E-state index contributed by atoms with van der Waals surface area (Å²) in [6, 6.07) is 11.1. The van der Waals surface area contributed by atoms with Gasteiger partial charge in [-0.2, -0.15) is 0 Å². The second kappa shape index (κ2) is 11.2. The Kier molecular flexibility index (Phi) is 8.36. The van der Waals surface area contributed by atoms with Crippen LogP contribution in [0.2, 0.25) is 0 Å². The molecule has 0 amide bonds. The van der Waals surface area contributed by atoms with Crippen LogP contribution in [0.15, 0.2) is 54.6 Å². The predicted octanol–water partition coefficient (Wildman–Crippen LogP) is 10.0. The molecule has 0 heteroatoms. The first-order chi connectivity index (χ1) is 15.7. The highest BCUT2D eigenvalue weighted by atomic mass is 14.6. The van der Waals surface area contributed by atoms with Crippen molar-refractivity contribution in [2.75, 3.05) is 0 Å². The predicted molar refractivity (Wildman–Crippen MR) is 140 cm³/mol. The summed E-state index contributed by atoms with van der Waals surface area (Å²) in [6.07, 6.45) is 32.2. The minimum atomic E-state index is 0.295. The average molecular weight is 433 g/mol. The van der Waals surface area contributed by atoms with E-state index in [0.717, 1.165) is 11.8 Å². The molecule has 1 aromatic rings. The number of hydrogen-bond acceptors (Lipinski definition) is 0. The van der Waals surface area contributed by atoms with Gasteiger partial charge in [0, 0.05) is 11.3 Å². The van der Waals surface area contributed by atoms with E-state index in [1.165, 1.54) is 102 Å². The number of allylic oxidation sites excluding steroid dienone is 4. The number of unbranched alkanes of at least 4 members (excludes halogenated alkanes) is 2. The third kappa shape index (κ3) is 4.95. The molecule has 3 aliphatic carbocycles. The lowest BCUT2D eigenvalue weighted by molar-refractivity contribution is -0.00534. The maximum atomic E-state index is 2.76. The van der Waals surface area contributed by atoms with Gasteiger partial charge in [-0.25, -0.2) is 0 Å². The van der Waals surface area contributed by atoms with Gasteiger partial charge in [-0.3, -0.25) is 0 Å². The molecule has 0 heterocycles. The quantitative estimate of drug-likeness (QED) is 0.269. The van der Waals surface area contributed by atoms with Gasteiger partial charge < -0.3 is 0 Å². The highest BCUT2D eigenvalue weighted by molar-refractivity contribution is 5.36. The van der Waals surface area contributed by atoms with Crippen molar-refractivity contribution in [3.8, 4) is 0 Å². The van der Waals surface area contributed by atoms with Crippen LogP contribution in [0.25, 0.3) is 0 Å². The summed E-state index contributed by atoms with van der Waals surface area (Å²) < 4.78 is 0. The normalized spacial score (nSPS) is 32.1. The van der Waals surface area contributed by atoms with Crippen molar-refractivity contribution in [3.05, 3.63) is 60.2 Å². The molecule has 1 aromatic carbocycles. The fourth-order valence-electron chi connectivity index (χ4n) is 7.82. The SMILES string of the molecule is CCCCC[C@H]1CC[C@H](C2(C3(CCC)CCCCC3)C=CC(c3ccccc3)C=C2)CC1. The summed E-state index contributed by atoms with van der Waals surface area (Å²) in [4.78, 5) is 0. The van der Waals surface area contributed by atoms with Gasteiger partial charge in [0.2, 0.25) is 0 Å². The third-order valence-corrected chi connectivity index (χ3v) is 9.54. The Bertz CT molecular complexity index is 705. The van der Waals surface area contributed by atoms with E-state index < -0.39 is 0 Å². The van der Waals surface area contributed by atoms with Crippen LogP contribution in [0.1, 0.15) is 122 Å². The van der Waals surface area contributed by atoms with E-state index in [4.69, 9.17) is 0 Å². The number of hydrogen-bond donors (Lipinski definition) is 0. The second-order valence-electron chi connectivity index (χ2n) is 11.4. The molecule has 4 rings (SSSR count). The standard InChI is InChI=1S/C32H48/c1-3-5-8-13-27-16-18-30(19-17-27)32(31(22-4-2)23-11-7-12-24-31)25-20-29(21-26-32)28-14-9-6-10-15-28/h6,9-10,14-15,20-21,25-27,29-30H,3-5,7-8,11-13,16-19,22-24H2,1-2H3/t27-,29?,30-,32?. The largest absolute Gasteiger partial charge is 0.0768 e. The summed E-state index contributed by atoms with van der Waals surface area (Å²) in [5.41, 5.74) is 2.23. The maximum Gasteiger partial charge on any atom is 0.0199 e. The first-order valence-electron chi connectivity index (χ1n) is 14.2. The molecule has 2 fully saturated rings. The van der Waals surface area contributed by atoms with Crippen LogP contribution in [0, 0.1) is 22.7 Å². The van der Waals surface area contributed by atoms with E-state index in [9.17, 15) is 0 Å². The van der Waals surface area contributed by atoms with E-state index in [1.54, 1.807) is 0 Å². The average Bonchev–Trinajstić information content (AvgIpc) is 2.86. The zero-order valence-electron chi connectivity index (χ0n) is 21.0. The Morgan fingerprint density at radius 2 is 1.47 bits per heavy atom. The van der Waals surface area contributed by atoms with Gasteiger partial charge in [-0.15, -0.1) is 0 Å². The zero-order chi connectivity index (χ0) is 22.3. The van der Waals surface area contributed by atoms with E-state index in [2.05, 4.69) is 68.5 Å². The zero-order valence-corrected chi connectivity index (χ0v) is 21.0. The lowest BCUT2D eigenvalue weighted by Gasteiger charge is -2.56. The second-order valence-corrected chi connectivity index (χ2v) is 11.4.